The van der Waals surface area contributed by atoms with E-state index in [1.165, 1.54) is 0 Å². The molecule has 0 aromatic rings. The van der Waals surface area contributed by atoms with E-state index in [0.717, 1.165) is 0 Å². The Morgan fingerprint density at radius 2 is 0.750 bits per heavy atom. The van der Waals surface area contributed by atoms with Crippen LogP contribution in [-0.4, -0.2) is 31.3 Å². The zero-order valence-corrected chi connectivity index (χ0v) is 28.2. The Labute approximate surface area is 180 Å². The molecular formula is BrCsI4Pb2. The van der Waals surface area contributed by atoms with Crippen molar-refractivity contribution in [2.75, 3.05) is 0 Å². The average Bonchev–Trinajstić information content (AvgIpc) is 1.39. The molecule has 0 aromatic heterocycles. The van der Waals surface area contributed by atoms with Crippen LogP contribution in [0.15, 0.2) is 0 Å². The van der Waals surface area contributed by atoms with Crippen molar-refractivity contribution in [3.05, 3.63) is 0 Å². The molecule has 0 fully saturated rings. The topological polar surface area (TPSA) is 0 Å². The summed E-state index contributed by atoms with van der Waals surface area (Å²) >= 11 is 9.92. The Morgan fingerprint density at radius 1 is 0.750 bits per heavy atom. The minimum absolute atomic E-state index is 0. The van der Waals surface area contributed by atoms with Gasteiger partial charge in [-0.2, -0.15) is 0 Å². The van der Waals surface area contributed by atoms with Crippen LogP contribution in [0.5, 0.6) is 0 Å². The van der Waals surface area contributed by atoms with Gasteiger partial charge in [-0.3, -0.25) is 0 Å². The second-order valence-electron chi connectivity index (χ2n) is 0.143. The predicted molar refractivity (Wildman–Crippen MR) is 67.6 cm³/mol. The first-order valence-corrected chi connectivity index (χ1v) is 44.5. The molecule has 0 amide bonds. The van der Waals surface area contributed by atoms with Gasteiger partial charge in [0.15, 0.2) is 0 Å². The minimum atomic E-state index is 0. The van der Waals surface area contributed by atoms with Gasteiger partial charge in [0, 0.05) is 0 Å². The van der Waals surface area contributed by atoms with Crippen LogP contribution < -0.4 is 85.9 Å². The van der Waals surface area contributed by atoms with Gasteiger partial charge in [-0.25, -0.2) is 0 Å². The van der Waals surface area contributed by atoms with E-state index in [2.05, 4.69) is 71.0 Å². The maximum absolute atomic E-state index is 2.47. The molecule has 44 valence electrons. The molecule has 0 aromatic carbocycles. The number of rotatable bonds is 0. The molecule has 0 aliphatic rings. The number of halogens is 5. The maximum atomic E-state index is 2.47. The normalized spacial score (nSPS) is 4.50. The van der Waals surface area contributed by atoms with Gasteiger partial charge in [-0.15, -0.1) is 0 Å². The van der Waals surface area contributed by atoms with Crippen LogP contribution in [0.4, 0.5) is 0 Å². The molecule has 0 atom stereocenters. The Kier molecular flexibility index (Phi) is 89.6. The zero-order valence-electron chi connectivity index (χ0n) is 3.89. The first kappa shape index (κ1) is 24.5. The fourth-order valence-corrected chi connectivity index (χ4v) is 0. The van der Waals surface area contributed by atoms with Crippen LogP contribution in [-0.2, 0) is 0 Å². The molecule has 0 rings (SSSR count). The van der Waals surface area contributed by atoms with Gasteiger partial charge >= 0.3 is 171 Å². The Morgan fingerprint density at radius 3 is 0.750 bits per heavy atom. The third-order valence-electron chi connectivity index (χ3n) is 0. The molecule has 0 saturated carbocycles. The van der Waals surface area contributed by atoms with Gasteiger partial charge in [-0.05, 0) is 0 Å². The van der Waals surface area contributed by atoms with E-state index in [-0.39, 0.29) is 117 Å². The predicted octanol–water partition coefficient (Wildman–Crippen LogP) is -3.21. The van der Waals surface area contributed by atoms with Gasteiger partial charge < -0.3 is 17.0 Å². The van der Waals surface area contributed by atoms with Crippen LogP contribution in [0.25, 0.3) is 0 Å². The first-order valence-electron chi connectivity index (χ1n) is 0.756. The van der Waals surface area contributed by atoms with Crippen LogP contribution in [0.2, 0.25) is 0 Å². The molecule has 0 spiro atoms. The molecule has 0 aliphatic heterocycles. The molecular weight excluding hydrogens is 1130 g/mol. The Hall–Kier alpha value is 7.30. The van der Waals surface area contributed by atoms with E-state index in [1.54, 1.807) is 0 Å². The molecule has 0 aliphatic carbocycles. The third kappa shape index (κ3) is 37.8. The van der Waals surface area contributed by atoms with E-state index < -0.39 is 0 Å². The second kappa shape index (κ2) is 29.2. The van der Waals surface area contributed by atoms with Crippen molar-refractivity contribution in [2.45, 2.75) is 0 Å². The van der Waals surface area contributed by atoms with E-state index >= 15 is 0 Å². The standard InChI is InChI=1S/BrH.Cs.4HI.2Pb/h1H;;4*1H;;/q;+1;;;;;2*+2/p-5. The Balaban J connectivity index is -0.0000000160. The second-order valence-corrected chi connectivity index (χ2v) is 56.4. The van der Waals surface area contributed by atoms with Crippen molar-refractivity contribution in [3.63, 3.8) is 0 Å². The molecule has 8 heteroatoms. The Bertz CT molecular complexity index is 16.0. The monoisotopic (exact) mass is 1140 g/mol. The average molecular weight is 1130 g/mol. The molecule has 0 bridgehead atoms. The van der Waals surface area contributed by atoms with Crippen molar-refractivity contribution < 1.29 is 85.9 Å². The summed E-state index contributed by atoms with van der Waals surface area (Å²) in [5, 5.41) is 0. The van der Waals surface area contributed by atoms with Crippen LogP contribution >= 0.6 is 71.0 Å². The zero-order chi connectivity index (χ0) is 5.41. The fourth-order valence-electron chi connectivity index (χ4n) is 0. The molecule has 0 saturated heterocycles. The van der Waals surface area contributed by atoms with Crippen LogP contribution in [0, 0.1) is 0 Å². The SMILES string of the molecule is [Br-].[Cs+].[I][Pb][I].[I][Pb][I]. The molecule has 0 heterocycles. The summed E-state index contributed by atoms with van der Waals surface area (Å²) in [7, 11) is 0. The summed E-state index contributed by atoms with van der Waals surface area (Å²) in [6.45, 7) is 0. The molecule has 0 nitrogen and oxygen atoms in total. The summed E-state index contributed by atoms with van der Waals surface area (Å²) in [4.78, 5) is 0. The van der Waals surface area contributed by atoms with Crippen molar-refractivity contribution in [1.82, 2.24) is 0 Å². The van der Waals surface area contributed by atoms with Gasteiger partial charge in [0.1, 0.15) is 0 Å². The fraction of sp³-hybridized carbons (Fsp3) is 0. The number of hydrogen-bond acceptors (Lipinski definition) is 0. The molecule has 0 unspecified atom stereocenters. The van der Waals surface area contributed by atoms with Gasteiger partial charge in [0.05, 0.1) is 0 Å². The van der Waals surface area contributed by atoms with Crippen molar-refractivity contribution in [2.24, 2.45) is 0 Å². The van der Waals surface area contributed by atoms with Crippen LogP contribution in [0.3, 0.4) is 0 Å². The van der Waals surface area contributed by atoms with Crippen LogP contribution in [0.1, 0.15) is 0 Å². The number of hydrogen-bond donors (Lipinski definition) is 0. The van der Waals surface area contributed by atoms with Crippen molar-refractivity contribution in [1.29, 1.82) is 0 Å². The van der Waals surface area contributed by atoms with Crippen molar-refractivity contribution in [3.8, 4) is 0 Å². The molecule has 4 radical (unpaired) electrons. The summed E-state index contributed by atoms with van der Waals surface area (Å²) in [6.07, 6.45) is 0. The quantitative estimate of drug-likeness (QED) is 0.178. The van der Waals surface area contributed by atoms with Gasteiger partial charge in [0.25, 0.3) is 0 Å². The third-order valence-corrected chi connectivity index (χ3v) is 0. The van der Waals surface area contributed by atoms with E-state index in [1.807, 2.05) is 0 Å². The first-order chi connectivity index (χ1) is 2.83. The van der Waals surface area contributed by atoms with Gasteiger partial charge in [0.2, 0.25) is 0 Å². The van der Waals surface area contributed by atoms with Gasteiger partial charge in [-0.1, -0.05) is 0 Å². The van der Waals surface area contributed by atoms with E-state index in [9.17, 15) is 0 Å². The van der Waals surface area contributed by atoms with E-state index in [4.69, 9.17) is 0 Å². The molecule has 8 heavy (non-hydrogen) atoms. The summed E-state index contributed by atoms with van der Waals surface area (Å²) in [5.41, 5.74) is 0. The van der Waals surface area contributed by atoms with E-state index in [0.29, 0.717) is 0 Å². The summed E-state index contributed by atoms with van der Waals surface area (Å²) in [5.74, 6) is 0. The summed E-state index contributed by atoms with van der Waals surface area (Å²) < 4.78 is 0. The van der Waals surface area contributed by atoms with Crippen molar-refractivity contribution >= 4 is 102 Å². The molecule has 0 N–H and O–H groups in total. The summed E-state index contributed by atoms with van der Waals surface area (Å²) in [6, 6.07) is 0.